The standard InChI is InChI=1S/C28H44N2O8/c1-25(2,3)35-21(31)29(22(32)36-26(4,5)6)17-19-13-15-20(16-14-19)18-30(23(33)37-27(7,8)9)24(34)38-28(10,11)12/h13-16H,17-18H2,1-12H3. The summed E-state index contributed by atoms with van der Waals surface area (Å²) in [6.07, 6.45) is -3.34. The molecule has 4 amide bonds. The molecule has 0 saturated heterocycles. The summed E-state index contributed by atoms with van der Waals surface area (Å²) in [6.45, 7) is 20.2. The second-order valence-corrected chi connectivity index (χ2v) is 12.9. The monoisotopic (exact) mass is 536 g/mol. The van der Waals surface area contributed by atoms with Gasteiger partial charge in [0.2, 0.25) is 0 Å². The van der Waals surface area contributed by atoms with Crippen LogP contribution in [0.2, 0.25) is 0 Å². The molecule has 0 N–H and O–H groups in total. The van der Waals surface area contributed by atoms with Crippen LogP contribution < -0.4 is 0 Å². The fourth-order valence-corrected chi connectivity index (χ4v) is 2.79. The molecule has 0 radical (unpaired) electrons. The van der Waals surface area contributed by atoms with E-state index in [1.807, 2.05) is 0 Å². The van der Waals surface area contributed by atoms with E-state index in [1.54, 1.807) is 107 Å². The Morgan fingerprint density at radius 1 is 0.474 bits per heavy atom. The zero-order valence-corrected chi connectivity index (χ0v) is 24.9. The molecule has 0 aliphatic heterocycles. The van der Waals surface area contributed by atoms with Gasteiger partial charge in [-0.25, -0.2) is 29.0 Å². The van der Waals surface area contributed by atoms with E-state index < -0.39 is 46.8 Å². The average Bonchev–Trinajstić information content (AvgIpc) is 2.65. The summed E-state index contributed by atoms with van der Waals surface area (Å²) >= 11 is 0. The first-order valence-electron chi connectivity index (χ1n) is 12.5. The molecule has 38 heavy (non-hydrogen) atoms. The first-order valence-corrected chi connectivity index (χ1v) is 12.5. The number of carbonyl (C=O) groups is 4. The zero-order chi connectivity index (χ0) is 29.7. The molecule has 0 heterocycles. The van der Waals surface area contributed by atoms with Crippen molar-refractivity contribution in [3.63, 3.8) is 0 Å². The lowest BCUT2D eigenvalue weighted by atomic mass is 10.1. The summed E-state index contributed by atoms with van der Waals surface area (Å²) in [5.74, 6) is 0. The Hall–Kier alpha value is -3.30. The second kappa shape index (κ2) is 12.0. The van der Waals surface area contributed by atoms with Crippen molar-refractivity contribution in [2.75, 3.05) is 0 Å². The van der Waals surface area contributed by atoms with Crippen LogP contribution in [-0.4, -0.2) is 56.6 Å². The number of hydrogen-bond acceptors (Lipinski definition) is 8. The first-order chi connectivity index (χ1) is 17.0. The zero-order valence-electron chi connectivity index (χ0n) is 24.9. The summed E-state index contributed by atoms with van der Waals surface area (Å²) in [4.78, 5) is 52.9. The molecule has 0 fully saturated rings. The molecule has 0 unspecified atom stereocenters. The van der Waals surface area contributed by atoms with E-state index in [1.165, 1.54) is 0 Å². The van der Waals surface area contributed by atoms with Gasteiger partial charge in [-0.2, -0.15) is 0 Å². The lowest BCUT2D eigenvalue weighted by Crippen LogP contribution is -2.43. The molecule has 0 aliphatic carbocycles. The van der Waals surface area contributed by atoms with E-state index in [9.17, 15) is 19.2 Å². The van der Waals surface area contributed by atoms with Crippen LogP contribution in [0.15, 0.2) is 24.3 Å². The van der Waals surface area contributed by atoms with Crippen molar-refractivity contribution in [1.29, 1.82) is 0 Å². The maximum Gasteiger partial charge on any atom is 0.420 e. The summed E-state index contributed by atoms with van der Waals surface area (Å²) in [7, 11) is 0. The van der Waals surface area contributed by atoms with Gasteiger partial charge in [-0.05, 0) is 94.2 Å². The van der Waals surface area contributed by atoms with Crippen LogP contribution in [0.5, 0.6) is 0 Å². The predicted octanol–water partition coefficient (Wildman–Crippen LogP) is 7.03. The molecule has 0 spiro atoms. The van der Waals surface area contributed by atoms with Crippen molar-refractivity contribution in [2.24, 2.45) is 0 Å². The van der Waals surface area contributed by atoms with E-state index >= 15 is 0 Å². The number of carbonyl (C=O) groups excluding carboxylic acids is 4. The molecule has 1 aromatic carbocycles. The van der Waals surface area contributed by atoms with Gasteiger partial charge in [-0.1, -0.05) is 24.3 Å². The maximum absolute atomic E-state index is 12.8. The van der Waals surface area contributed by atoms with Crippen LogP contribution >= 0.6 is 0 Å². The van der Waals surface area contributed by atoms with Gasteiger partial charge < -0.3 is 18.9 Å². The van der Waals surface area contributed by atoms with E-state index in [2.05, 4.69) is 0 Å². The Bertz CT molecular complexity index is 853. The van der Waals surface area contributed by atoms with Gasteiger partial charge in [-0.3, -0.25) is 0 Å². The molecule has 1 aromatic rings. The number of benzene rings is 1. The molecule has 1 rings (SSSR count). The van der Waals surface area contributed by atoms with Crippen molar-refractivity contribution in [3.8, 4) is 0 Å². The lowest BCUT2D eigenvalue weighted by Gasteiger charge is -2.29. The predicted molar refractivity (Wildman–Crippen MR) is 142 cm³/mol. The molecule has 214 valence electrons. The first kappa shape index (κ1) is 32.7. The van der Waals surface area contributed by atoms with Crippen molar-refractivity contribution >= 4 is 24.4 Å². The molecule has 0 aliphatic rings. The number of amides is 4. The van der Waals surface area contributed by atoms with E-state index in [0.717, 1.165) is 9.80 Å². The van der Waals surface area contributed by atoms with Gasteiger partial charge in [0.25, 0.3) is 0 Å². The molecule has 0 atom stereocenters. The molecular weight excluding hydrogens is 492 g/mol. The summed E-state index contributed by atoms with van der Waals surface area (Å²) in [5.41, 5.74) is -2.04. The summed E-state index contributed by atoms with van der Waals surface area (Å²) < 4.78 is 21.6. The van der Waals surface area contributed by atoms with Crippen LogP contribution in [-0.2, 0) is 32.0 Å². The number of nitrogens with zero attached hydrogens (tertiary/aromatic N) is 2. The highest BCUT2D eigenvalue weighted by molar-refractivity contribution is 5.88. The normalized spacial score (nSPS) is 12.3. The topological polar surface area (TPSA) is 112 Å². The number of ether oxygens (including phenoxy) is 4. The highest BCUT2D eigenvalue weighted by atomic mass is 16.6. The Labute approximate surface area is 226 Å². The van der Waals surface area contributed by atoms with E-state index in [-0.39, 0.29) is 13.1 Å². The van der Waals surface area contributed by atoms with E-state index in [0.29, 0.717) is 11.1 Å². The second-order valence-electron chi connectivity index (χ2n) is 12.9. The Balaban J connectivity index is 3.17. The van der Waals surface area contributed by atoms with Crippen LogP contribution in [0.1, 0.15) is 94.2 Å². The van der Waals surface area contributed by atoms with Crippen molar-refractivity contribution in [2.45, 2.75) is 119 Å². The van der Waals surface area contributed by atoms with Gasteiger partial charge in [0, 0.05) is 0 Å². The maximum atomic E-state index is 12.8. The van der Waals surface area contributed by atoms with Crippen LogP contribution in [0, 0.1) is 0 Å². The third kappa shape index (κ3) is 12.8. The Kier molecular flexibility index (Phi) is 10.4. The van der Waals surface area contributed by atoms with Gasteiger partial charge in [0.1, 0.15) is 22.4 Å². The minimum absolute atomic E-state index is 0.105. The molecule has 10 heteroatoms. The van der Waals surface area contributed by atoms with Gasteiger partial charge in [-0.15, -0.1) is 0 Å². The largest absolute Gasteiger partial charge is 0.443 e. The Morgan fingerprint density at radius 2 is 0.658 bits per heavy atom. The highest BCUT2D eigenvalue weighted by Crippen LogP contribution is 2.20. The van der Waals surface area contributed by atoms with Gasteiger partial charge in [0.15, 0.2) is 0 Å². The highest BCUT2D eigenvalue weighted by Gasteiger charge is 2.33. The number of imide groups is 2. The third-order valence-corrected chi connectivity index (χ3v) is 4.16. The van der Waals surface area contributed by atoms with Crippen molar-refractivity contribution < 1.29 is 38.1 Å². The van der Waals surface area contributed by atoms with Crippen molar-refractivity contribution in [3.05, 3.63) is 35.4 Å². The minimum atomic E-state index is -0.836. The van der Waals surface area contributed by atoms with E-state index in [4.69, 9.17) is 18.9 Å². The molecule has 0 bridgehead atoms. The quantitative estimate of drug-likeness (QED) is 0.377. The van der Waals surface area contributed by atoms with Crippen LogP contribution in [0.25, 0.3) is 0 Å². The van der Waals surface area contributed by atoms with Crippen molar-refractivity contribution in [1.82, 2.24) is 9.80 Å². The minimum Gasteiger partial charge on any atom is -0.443 e. The molecule has 0 saturated carbocycles. The van der Waals surface area contributed by atoms with Crippen LogP contribution in [0.3, 0.4) is 0 Å². The van der Waals surface area contributed by atoms with Gasteiger partial charge in [0.05, 0.1) is 13.1 Å². The lowest BCUT2D eigenvalue weighted by molar-refractivity contribution is -0.00250. The summed E-state index contributed by atoms with van der Waals surface area (Å²) in [6, 6.07) is 6.72. The summed E-state index contributed by atoms with van der Waals surface area (Å²) in [5, 5.41) is 0. The average molecular weight is 537 g/mol. The van der Waals surface area contributed by atoms with Gasteiger partial charge >= 0.3 is 24.4 Å². The van der Waals surface area contributed by atoms with Crippen LogP contribution in [0.4, 0.5) is 19.2 Å². The number of hydrogen-bond donors (Lipinski definition) is 0. The molecular formula is C28H44N2O8. The fourth-order valence-electron chi connectivity index (χ4n) is 2.79. The SMILES string of the molecule is CC(C)(C)OC(=O)N(Cc1ccc(CN(C(=O)OC(C)(C)C)C(=O)OC(C)(C)C)cc1)C(=O)OC(C)(C)C. The number of rotatable bonds is 4. The molecule has 10 nitrogen and oxygen atoms in total. The smallest absolute Gasteiger partial charge is 0.420 e. The molecule has 0 aromatic heterocycles. The Morgan fingerprint density at radius 3 is 0.816 bits per heavy atom. The third-order valence-electron chi connectivity index (χ3n) is 4.16. The fraction of sp³-hybridized carbons (Fsp3) is 0.643.